The Hall–Kier alpha value is -2.62. The van der Waals surface area contributed by atoms with Crippen LogP contribution < -0.4 is 16.0 Å². The molecule has 1 unspecified atom stereocenters. The molecule has 1 aromatic carbocycles. The Morgan fingerprint density at radius 2 is 2.00 bits per heavy atom. The Kier molecular flexibility index (Phi) is 5.20. The molecule has 29 heavy (non-hydrogen) atoms. The lowest BCUT2D eigenvalue weighted by Crippen LogP contribution is -2.61. The van der Waals surface area contributed by atoms with E-state index in [1.807, 2.05) is 6.07 Å². The van der Waals surface area contributed by atoms with Crippen LogP contribution >= 0.6 is 0 Å². The maximum absolute atomic E-state index is 13.0. The van der Waals surface area contributed by atoms with Gasteiger partial charge in [-0.15, -0.1) is 0 Å². The molecule has 4 rings (SSSR count). The summed E-state index contributed by atoms with van der Waals surface area (Å²) in [6.45, 7) is 2.77. The smallest absolute Gasteiger partial charge is 0.262 e. The van der Waals surface area contributed by atoms with E-state index in [0.717, 1.165) is 24.4 Å². The quantitative estimate of drug-likeness (QED) is 0.419. The second-order valence-corrected chi connectivity index (χ2v) is 7.70. The van der Waals surface area contributed by atoms with Crippen molar-refractivity contribution in [1.29, 1.82) is 0 Å². The largest absolute Gasteiger partial charge is 0.376 e. The van der Waals surface area contributed by atoms with E-state index in [1.165, 1.54) is 0 Å². The highest BCUT2D eigenvalue weighted by Crippen LogP contribution is 2.30. The molecule has 1 atom stereocenters. The van der Waals surface area contributed by atoms with Crippen LogP contribution in [-0.4, -0.2) is 66.9 Å². The summed E-state index contributed by atoms with van der Waals surface area (Å²) in [6.07, 6.45) is 1.09. The standard InChI is InChI=1S/C20H24N4O5/c1-29-20(10-22-11-20)7-8-21-9-12-3-2-4-13-16(12)19(28)24(18(13)27)14-5-6-15(25)23-17(14)26/h2-4,14,21-22H,5-11H2,1H3,(H,23,25,26). The van der Waals surface area contributed by atoms with Crippen molar-refractivity contribution in [3.63, 3.8) is 0 Å². The number of hydrogen-bond acceptors (Lipinski definition) is 7. The molecule has 9 heteroatoms. The molecule has 1 aromatic rings. The van der Waals surface area contributed by atoms with Gasteiger partial charge in [-0.2, -0.15) is 0 Å². The summed E-state index contributed by atoms with van der Waals surface area (Å²) in [6, 6.07) is 4.20. The van der Waals surface area contributed by atoms with E-state index in [1.54, 1.807) is 19.2 Å². The zero-order valence-corrected chi connectivity index (χ0v) is 16.2. The molecule has 154 valence electrons. The van der Waals surface area contributed by atoms with Gasteiger partial charge in [0.2, 0.25) is 11.8 Å². The topological polar surface area (TPSA) is 117 Å². The van der Waals surface area contributed by atoms with Gasteiger partial charge in [0, 0.05) is 33.2 Å². The first-order chi connectivity index (χ1) is 14.0. The highest BCUT2D eigenvalue weighted by Gasteiger charge is 2.45. The van der Waals surface area contributed by atoms with Crippen LogP contribution in [0.25, 0.3) is 0 Å². The normalized spacial score (nSPS) is 23.1. The monoisotopic (exact) mass is 400 g/mol. The number of hydrogen-bond donors (Lipinski definition) is 3. The second-order valence-electron chi connectivity index (χ2n) is 7.70. The first-order valence-corrected chi connectivity index (χ1v) is 9.76. The molecule has 2 saturated heterocycles. The summed E-state index contributed by atoms with van der Waals surface area (Å²) >= 11 is 0. The van der Waals surface area contributed by atoms with Crippen molar-refractivity contribution in [2.45, 2.75) is 37.5 Å². The number of benzene rings is 1. The Bertz CT molecular complexity index is 874. The lowest BCUT2D eigenvalue weighted by atomic mass is 9.92. The fourth-order valence-corrected chi connectivity index (χ4v) is 4.10. The van der Waals surface area contributed by atoms with Crippen LogP contribution in [0, 0.1) is 0 Å². The van der Waals surface area contributed by atoms with Gasteiger partial charge in [0.05, 0.1) is 16.7 Å². The summed E-state index contributed by atoms with van der Waals surface area (Å²) in [5.41, 5.74) is 1.21. The summed E-state index contributed by atoms with van der Waals surface area (Å²) in [5, 5.41) is 8.73. The average Bonchev–Trinajstić information content (AvgIpc) is 2.92. The summed E-state index contributed by atoms with van der Waals surface area (Å²) < 4.78 is 5.56. The number of amides is 4. The molecule has 0 bridgehead atoms. The predicted molar refractivity (Wildman–Crippen MR) is 102 cm³/mol. The molecule has 2 fully saturated rings. The summed E-state index contributed by atoms with van der Waals surface area (Å²) in [4.78, 5) is 50.4. The minimum Gasteiger partial charge on any atom is -0.376 e. The van der Waals surface area contributed by atoms with Crippen LogP contribution in [0.4, 0.5) is 0 Å². The molecular weight excluding hydrogens is 376 g/mol. The van der Waals surface area contributed by atoms with Gasteiger partial charge >= 0.3 is 0 Å². The van der Waals surface area contributed by atoms with Crippen LogP contribution in [0.15, 0.2) is 18.2 Å². The second kappa shape index (κ2) is 7.66. The first kappa shape index (κ1) is 19.7. The number of nitrogens with one attached hydrogen (secondary N) is 3. The maximum atomic E-state index is 13.0. The molecule has 9 nitrogen and oxygen atoms in total. The van der Waals surface area contributed by atoms with E-state index in [9.17, 15) is 19.2 Å². The fourth-order valence-electron chi connectivity index (χ4n) is 4.10. The van der Waals surface area contributed by atoms with Crippen LogP contribution in [0.3, 0.4) is 0 Å². The van der Waals surface area contributed by atoms with Gasteiger partial charge in [0.25, 0.3) is 11.8 Å². The molecule has 0 saturated carbocycles. The van der Waals surface area contributed by atoms with Crippen molar-refractivity contribution in [1.82, 2.24) is 20.9 Å². The highest BCUT2D eigenvalue weighted by atomic mass is 16.5. The minimum atomic E-state index is -0.950. The number of methoxy groups -OCH3 is 1. The van der Waals surface area contributed by atoms with Gasteiger partial charge in [0.1, 0.15) is 6.04 Å². The molecule has 0 radical (unpaired) electrons. The number of imide groups is 2. The molecule has 0 aliphatic carbocycles. The van der Waals surface area contributed by atoms with Gasteiger partial charge in [-0.25, -0.2) is 0 Å². The van der Waals surface area contributed by atoms with Crippen molar-refractivity contribution < 1.29 is 23.9 Å². The molecule has 3 aliphatic heterocycles. The lowest BCUT2D eigenvalue weighted by Gasteiger charge is -2.41. The molecule has 3 aliphatic rings. The van der Waals surface area contributed by atoms with Crippen molar-refractivity contribution in [3.05, 3.63) is 34.9 Å². The zero-order chi connectivity index (χ0) is 20.6. The Morgan fingerprint density at radius 3 is 2.66 bits per heavy atom. The summed E-state index contributed by atoms with van der Waals surface area (Å²) in [5.74, 6) is -1.95. The van der Waals surface area contributed by atoms with Gasteiger partial charge in [-0.1, -0.05) is 12.1 Å². The van der Waals surface area contributed by atoms with Crippen LogP contribution in [0.5, 0.6) is 0 Å². The SMILES string of the molecule is COC1(CCNCc2cccc3c2C(=O)N(C2CCC(=O)NC2=O)C3=O)CNC1. The number of ether oxygens (including phenoxy) is 1. The Balaban J connectivity index is 1.46. The van der Waals surface area contributed by atoms with E-state index in [4.69, 9.17) is 4.74 Å². The fraction of sp³-hybridized carbons (Fsp3) is 0.500. The predicted octanol–water partition coefficient (Wildman–Crippen LogP) is -0.444. The molecule has 0 spiro atoms. The number of carbonyl (C=O) groups excluding carboxylic acids is 4. The Labute approximate surface area is 168 Å². The third-order valence-electron chi connectivity index (χ3n) is 5.95. The molecular formula is C20H24N4O5. The molecule has 3 heterocycles. The molecule has 0 aromatic heterocycles. The van der Waals surface area contributed by atoms with Crippen LogP contribution in [0.1, 0.15) is 45.5 Å². The van der Waals surface area contributed by atoms with Crippen molar-refractivity contribution in [2.75, 3.05) is 26.7 Å². The molecule has 4 amide bonds. The van der Waals surface area contributed by atoms with E-state index >= 15 is 0 Å². The molecule has 3 N–H and O–H groups in total. The average molecular weight is 400 g/mol. The van der Waals surface area contributed by atoms with Gasteiger partial charge in [-0.3, -0.25) is 29.4 Å². The Morgan fingerprint density at radius 1 is 1.21 bits per heavy atom. The highest BCUT2D eigenvalue weighted by molar-refractivity contribution is 6.24. The number of fused-ring (bicyclic) bond motifs is 1. The number of carbonyl (C=O) groups is 4. The minimum absolute atomic E-state index is 0.105. The van der Waals surface area contributed by atoms with Crippen molar-refractivity contribution in [3.8, 4) is 0 Å². The number of nitrogens with zero attached hydrogens (tertiary/aromatic N) is 1. The first-order valence-electron chi connectivity index (χ1n) is 9.76. The van der Waals surface area contributed by atoms with Crippen LogP contribution in [-0.2, 0) is 20.9 Å². The number of piperidine rings is 1. The number of rotatable bonds is 7. The van der Waals surface area contributed by atoms with E-state index in [2.05, 4.69) is 16.0 Å². The maximum Gasteiger partial charge on any atom is 0.262 e. The zero-order valence-electron chi connectivity index (χ0n) is 16.2. The third kappa shape index (κ3) is 3.45. The van der Waals surface area contributed by atoms with Gasteiger partial charge < -0.3 is 15.4 Å². The van der Waals surface area contributed by atoms with Crippen molar-refractivity contribution in [2.24, 2.45) is 0 Å². The lowest BCUT2D eigenvalue weighted by molar-refractivity contribution is -0.136. The van der Waals surface area contributed by atoms with E-state index < -0.39 is 23.8 Å². The summed E-state index contributed by atoms with van der Waals surface area (Å²) in [7, 11) is 1.71. The third-order valence-corrected chi connectivity index (χ3v) is 5.95. The van der Waals surface area contributed by atoms with Crippen LogP contribution in [0.2, 0.25) is 0 Å². The van der Waals surface area contributed by atoms with E-state index in [0.29, 0.717) is 29.8 Å². The van der Waals surface area contributed by atoms with Gasteiger partial charge in [-0.05, 0) is 31.0 Å². The van der Waals surface area contributed by atoms with Crippen molar-refractivity contribution >= 4 is 23.6 Å². The van der Waals surface area contributed by atoms with E-state index in [-0.39, 0.29) is 24.3 Å². The van der Waals surface area contributed by atoms with Gasteiger partial charge in [0.15, 0.2) is 0 Å².